The SMILES string of the molecule is O=Cc1cnc2cc(N3CCC(=O)NC3=O)ccc2c1. The van der Waals surface area contributed by atoms with Crippen LogP contribution in [0.4, 0.5) is 10.5 Å². The first-order valence-corrected chi connectivity index (χ1v) is 6.14. The molecule has 6 heteroatoms. The van der Waals surface area contributed by atoms with E-state index < -0.39 is 6.03 Å². The molecule has 0 saturated carbocycles. The molecule has 3 rings (SSSR count). The number of nitrogens with zero attached hydrogens (tertiary/aromatic N) is 2. The summed E-state index contributed by atoms with van der Waals surface area (Å²) in [5.74, 6) is -0.263. The zero-order valence-corrected chi connectivity index (χ0v) is 10.5. The maximum atomic E-state index is 11.8. The molecule has 2 heterocycles. The molecule has 1 N–H and O–H groups in total. The highest BCUT2D eigenvalue weighted by molar-refractivity contribution is 6.06. The normalized spacial score (nSPS) is 15.3. The second-order valence-electron chi connectivity index (χ2n) is 4.52. The van der Waals surface area contributed by atoms with Crippen molar-refractivity contribution in [1.29, 1.82) is 0 Å². The Morgan fingerprint density at radius 1 is 1.25 bits per heavy atom. The summed E-state index contributed by atoms with van der Waals surface area (Å²) in [6.07, 6.45) is 2.50. The van der Waals surface area contributed by atoms with E-state index in [1.165, 1.54) is 11.1 Å². The number of aldehydes is 1. The molecule has 0 atom stereocenters. The van der Waals surface area contributed by atoms with Crippen molar-refractivity contribution < 1.29 is 14.4 Å². The van der Waals surface area contributed by atoms with Crippen LogP contribution in [-0.4, -0.2) is 29.8 Å². The van der Waals surface area contributed by atoms with Gasteiger partial charge in [0, 0.05) is 35.8 Å². The van der Waals surface area contributed by atoms with Crippen LogP contribution < -0.4 is 10.2 Å². The van der Waals surface area contributed by atoms with E-state index in [0.717, 1.165) is 11.7 Å². The number of fused-ring (bicyclic) bond motifs is 1. The average Bonchev–Trinajstić information content (AvgIpc) is 2.46. The van der Waals surface area contributed by atoms with Gasteiger partial charge in [-0.3, -0.25) is 24.8 Å². The second kappa shape index (κ2) is 4.73. The van der Waals surface area contributed by atoms with Crippen molar-refractivity contribution in [3.63, 3.8) is 0 Å². The van der Waals surface area contributed by atoms with E-state index in [1.54, 1.807) is 24.3 Å². The minimum atomic E-state index is -0.426. The van der Waals surface area contributed by atoms with Crippen molar-refractivity contribution in [2.45, 2.75) is 6.42 Å². The van der Waals surface area contributed by atoms with Gasteiger partial charge in [-0.2, -0.15) is 0 Å². The Balaban J connectivity index is 1.98. The van der Waals surface area contributed by atoms with Crippen LogP contribution in [0.3, 0.4) is 0 Å². The van der Waals surface area contributed by atoms with E-state index in [4.69, 9.17) is 0 Å². The number of carbonyl (C=O) groups is 3. The molecule has 0 bridgehead atoms. The summed E-state index contributed by atoms with van der Waals surface area (Å²) in [6.45, 7) is 0.350. The largest absolute Gasteiger partial charge is 0.328 e. The monoisotopic (exact) mass is 269 g/mol. The first kappa shape index (κ1) is 12.3. The predicted molar refractivity (Wildman–Crippen MR) is 72.6 cm³/mol. The Labute approximate surface area is 114 Å². The van der Waals surface area contributed by atoms with Crippen LogP contribution in [0.25, 0.3) is 10.9 Å². The number of urea groups is 1. The molecule has 1 aliphatic heterocycles. The topological polar surface area (TPSA) is 79.4 Å². The number of nitrogens with one attached hydrogen (secondary N) is 1. The molecule has 0 spiro atoms. The lowest BCUT2D eigenvalue weighted by Crippen LogP contribution is -2.49. The first-order chi connectivity index (χ1) is 9.67. The number of hydrogen-bond donors (Lipinski definition) is 1. The van der Waals surface area contributed by atoms with Gasteiger partial charge in [0.25, 0.3) is 0 Å². The van der Waals surface area contributed by atoms with Gasteiger partial charge < -0.3 is 0 Å². The number of amides is 3. The number of imide groups is 1. The van der Waals surface area contributed by atoms with Gasteiger partial charge in [-0.25, -0.2) is 4.79 Å². The Hall–Kier alpha value is -2.76. The molecule has 1 aromatic heterocycles. The van der Waals surface area contributed by atoms with E-state index in [-0.39, 0.29) is 12.3 Å². The molecule has 1 aliphatic rings. The maximum absolute atomic E-state index is 11.8. The van der Waals surface area contributed by atoms with Crippen molar-refractivity contribution in [3.8, 4) is 0 Å². The number of carbonyl (C=O) groups excluding carboxylic acids is 3. The molecule has 1 fully saturated rings. The van der Waals surface area contributed by atoms with Gasteiger partial charge in [0.05, 0.1) is 5.52 Å². The highest BCUT2D eigenvalue weighted by Gasteiger charge is 2.24. The van der Waals surface area contributed by atoms with Gasteiger partial charge in [-0.15, -0.1) is 0 Å². The molecule has 3 amide bonds. The van der Waals surface area contributed by atoms with Gasteiger partial charge in [0.15, 0.2) is 6.29 Å². The fourth-order valence-corrected chi connectivity index (χ4v) is 2.17. The Kier molecular flexibility index (Phi) is 2.90. The van der Waals surface area contributed by atoms with Gasteiger partial charge in [0.2, 0.25) is 5.91 Å². The lowest BCUT2D eigenvalue weighted by Gasteiger charge is -2.26. The van der Waals surface area contributed by atoms with Crippen LogP contribution in [0.5, 0.6) is 0 Å². The van der Waals surface area contributed by atoms with Crippen LogP contribution in [0.2, 0.25) is 0 Å². The van der Waals surface area contributed by atoms with Crippen molar-refractivity contribution in [2.24, 2.45) is 0 Å². The molecule has 0 aliphatic carbocycles. The highest BCUT2D eigenvalue weighted by Crippen LogP contribution is 2.22. The van der Waals surface area contributed by atoms with Crippen LogP contribution in [0, 0.1) is 0 Å². The molecule has 20 heavy (non-hydrogen) atoms. The summed E-state index contributed by atoms with van der Waals surface area (Å²) in [6, 6.07) is 6.64. The fraction of sp³-hybridized carbons (Fsp3) is 0.143. The Morgan fingerprint density at radius 2 is 2.10 bits per heavy atom. The summed E-state index contributed by atoms with van der Waals surface area (Å²) in [5.41, 5.74) is 1.87. The summed E-state index contributed by atoms with van der Waals surface area (Å²) >= 11 is 0. The highest BCUT2D eigenvalue weighted by atomic mass is 16.2. The number of anilines is 1. The van der Waals surface area contributed by atoms with Crippen LogP contribution in [-0.2, 0) is 4.79 Å². The van der Waals surface area contributed by atoms with Gasteiger partial charge in [-0.1, -0.05) is 6.07 Å². The number of rotatable bonds is 2. The molecule has 2 aromatic rings. The third-order valence-electron chi connectivity index (χ3n) is 3.19. The molecule has 6 nitrogen and oxygen atoms in total. The van der Waals surface area contributed by atoms with Gasteiger partial charge >= 0.3 is 6.03 Å². The second-order valence-corrected chi connectivity index (χ2v) is 4.52. The zero-order valence-electron chi connectivity index (χ0n) is 10.5. The van der Waals surface area contributed by atoms with Crippen molar-refractivity contribution in [2.75, 3.05) is 11.4 Å². The van der Waals surface area contributed by atoms with E-state index >= 15 is 0 Å². The Bertz CT molecular complexity index is 727. The maximum Gasteiger partial charge on any atom is 0.328 e. The fourth-order valence-electron chi connectivity index (χ4n) is 2.17. The average molecular weight is 269 g/mol. The van der Waals surface area contributed by atoms with Gasteiger partial charge in [-0.05, 0) is 18.2 Å². The summed E-state index contributed by atoms with van der Waals surface area (Å²) < 4.78 is 0. The number of aromatic nitrogens is 1. The van der Waals surface area contributed by atoms with E-state index in [2.05, 4.69) is 10.3 Å². The number of benzene rings is 1. The smallest absolute Gasteiger partial charge is 0.298 e. The quantitative estimate of drug-likeness (QED) is 0.838. The minimum absolute atomic E-state index is 0.263. The van der Waals surface area contributed by atoms with Crippen molar-refractivity contribution in [1.82, 2.24) is 10.3 Å². The Morgan fingerprint density at radius 3 is 2.85 bits per heavy atom. The van der Waals surface area contributed by atoms with E-state index in [0.29, 0.717) is 23.3 Å². The number of hydrogen-bond acceptors (Lipinski definition) is 4. The van der Waals surface area contributed by atoms with Crippen LogP contribution in [0.15, 0.2) is 30.5 Å². The van der Waals surface area contributed by atoms with Crippen molar-refractivity contribution in [3.05, 3.63) is 36.0 Å². The summed E-state index contributed by atoms with van der Waals surface area (Å²) in [7, 11) is 0. The molecule has 100 valence electrons. The third kappa shape index (κ3) is 2.11. The lowest BCUT2D eigenvalue weighted by molar-refractivity contribution is -0.120. The molecular formula is C14H11N3O3. The van der Waals surface area contributed by atoms with E-state index in [9.17, 15) is 14.4 Å². The van der Waals surface area contributed by atoms with Crippen LogP contribution in [0.1, 0.15) is 16.8 Å². The summed E-state index contributed by atoms with van der Waals surface area (Å²) in [4.78, 5) is 39.3. The number of pyridine rings is 1. The molecule has 1 saturated heterocycles. The lowest BCUT2D eigenvalue weighted by atomic mass is 10.1. The first-order valence-electron chi connectivity index (χ1n) is 6.14. The van der Waals surface area contributed by atoms with Crippen molar-refractivity contribution >= 4 is 34.8 Å². The third-order valence-corrected chi connectivity index (χ3v) is 3.19. The molecular weight excluding hydrogens is 258 g/mol. The molecule has 0 unspecified atom stereocenters. The standard InChI is InChI=1S/C14H11N3O3/c18-8-9-5-10-1-2-11(6-12(10)15-7-9)17-4-3-13(19)16-14(17)20/h1-2,5-8H,3-4H2,(H,16,19,20). The van der Waals surface area contributed by atoms with E-state index in [1.807, 2.05) is 0 Å². The van der Waals surface area contributed by atoms with Gasteiger partial charge in [0.1, 0.15) is 0 Å². The summed E-state index contributed by atoms with van der Waals surface area (Å²) in [5, 5.41) is 3.10. The minimum Gasteiger partial charge on any atom is -0.298 e. The zero-order chi connectivity index (χ0) is 14.1. The molecule has 1 aromatic carbocycles. The predicted octanol–water partition coefficient (Wildman–Crippen LogP) is 1.49. The van der Waals surface area contributed by atoms with Crippen LogP contribution >= 0.6 is 0 Å². The molecule has 0 radical (unpaired) electrons.